The lowest BCUT2D eigenvalue weighted by molar-refractivity contribution is -0.116. The number of carbonyl (C=O) groups is 1. The number of carbonyl (C=O) groups excluding carboxylic acids is 1. The average molecular weight is 396 g/mol. The van der Waals surface area contributed by atoms with Crippen LogP contribution in [0.15, 0.2) is 62.8 Å². The van der Waals surface area contributed by atoms with Crippen molar-refractivity contribution < 1.29 is 9.32 Å². The molecule has 5 nitrogen and oxygen atoms in total. The second kappa shape index (κ2) is 9.55. The molecule has 1 amide bonds. The van der Waals surface area contributed by atoms with E-state index in [9.17, 15) is 4.79 Å². The fourth-order valence-electron chi connectivity index (χ4n) is 2.73. The van der Waals surface area contributed by atoms with Crippen molar-refractivity contribution in [1.82, 2.24) is 10.1 Å². The molecule has 0 unspecified atom stereocenters. The van der Waals surface area contributed by atoms with E-state index in [-0.39, 0.29) is 5.91 Å². The molecule has 0 fully saturated rings. The first kappa shape index (κ1) is 20.1. The van der Waals surface area contributed by atoms with E-state index in [0.29, 0.717) is 36.9 Å². The smallest absolute Gasteiger partial charge is 0.226 e. The monoisotopic (exact) mass is 395 g/mol. The first-order chi connectivity index (χ1) is 13.5. The largest absolute Gasteiger partial charge is 0.339 e. The number of nitrogens with one attached hydrogen (secondary N) is 1. The van der Waals surface area contributed by atoms with E-state index in [4.69, 9.17) is 4.52 Å². The van der Waals surface area contributed by atoms with Gasteiger partial charge in [-0.05, 0) is 61.2 Å². The quantitative estimate of drug-likeness (QED) is 0.536. The Labute approximate surface area is 169 Å². The van der Waals surface area contributed by atoms with E-state index in [2.05, 4.69) is 53.6 Å². The van der Waals surface area contributed by atoms with E-state index >= 15 is 0 Å². The molecule has 1 N–H and O–H groups in total. The van der Waals surface area contributed by atoms with E-state index in [1.807, 2.05) is 24.3 Å². The molecule has 2 aromatic carbocycles. The summed E-state index contributed by atoms with van der Waals surface area (Å²) >= 11 is 1.71. The highest BCUT2D eigenvalue weighted by Gasteiger charge is 2.07. The molecule has 0 radical (unpaired) electrons. The second-order valence-corrected chi connectivity index (χ2v) is 8.13. The molecular formula is C22H25N3O2S. The molecule has 0 bridgehead atoms. The van der Waals surface area contributed by atoms with Gasteiger partial charge >= 0.3 is 0 Å². The van der Waals surface area contributed by atoms with E-state index in [1.54, 1.807) is 18.7 Å². The fraction of sp³-hybridized carbons (Fsp3) is 0.318. The van der Waals surface area contributed by atoms with Gasteiger partial charge in [0.15, 0.2) is 5.82 Å². The summed E-state index contributed by atoms with van der Waals surface area (Å²) in [5, 5.41) is 6.67. The average Bonchev–Trinajstić information content (AvgIpc) is 3.09. The van der Waals surface area contributed by atoms with Crippen molar-refractivity contribution in [1.29, 1.82) is 0 Å². The summed E-state index contributed by atoms with van der Waals surface area (Å²) in [7, 11) is 0. The molecule has 0 atom stereocenters. The van der Waals surface area contributed by atoms with Gasteiger partial charge in [-0.2, -0.15) is 4.98 Å². The van der Waals surface area contributed by atoms with Crippen molar-refractivity contribution in [2.75, 3.05) is 5.32 Å². The van der Waals surface area contributed by atoms with Gasteiger partial charge in [-0.1, -0.05) is 42.9 Å². The number of nitrogens with zero attached hydrogens (tertiary/aromatic N) is 2. The first-order valence-electron chi connectivity index (χ1n) is 9.46. The molecule has 0 aliphatic heterocycles. The molecule has 1 aromatic heterocycles. The van der Waals surface area contributed by atoms with Crippen LogP contribution in [0.2, 0.25) is 0 Å². The van der Waals surface area contributed by atoms with Crippen LogP contribution in [-0.4, -0.2) is 16.0 Å². The molecule has 3 aromatic rings. The molecule has 0 saturated heterocycles. The summed E-state index contributed by atoms with van der Waals surface area (Å²) in [6, 6.07) is 16.6. The molecule has 0 aliphatic carbocycles. The summed E-state index contributed by atoms with van der Waals surface area (Å²) in [4.78, 5) is 18.6. The van der Waals surface area contributed by atoms with Crippen LogP contribution in [0.5, 0.6) is 0 Å². The molecule has 28 heavy (non-hydrogen) atoms. The van der Waals surface area contributed by atoms with E-state index in [0.717, 1.165) is 10.6 Å². The summed E-state index contributed by atoms with van der Waals surface area (Å²) in [5.41, 5.74) is 2.15. The lowest BCUT2D eigenvalue weighted by atomic mass is 10.0. The number of anilines is 1. The number of aryl methyl sites for hydroxylation is 2. The van der Waals surface area contributed by atoms with Crippen LogP contribution in [0.25, 0.3) is 0 Å². The zero-order chi connectivity index (χ0) is 19.9. The first-order valence-corrected chi connectivity index (χ1v) is 10.3. The van der Waals surface area contributed by atoms with Gasteiger partial charge in [0.25, 0.3) is 0 Å². The van der Waals surface area contributed by atoms with Crippen molar-refractivity contribution >= 4 is 23.4 Å². The normalized spacial score (nSPS) is 11.0. The van der Waals surface area contributed by atoms with Crippen molar-refractivity contribution in [3.8, 4) is 0 Å². The standard InChI is InChI=1S/C22H25N3O2S/c1-15(2)17-7-11-19(12-8-17)28-20-13-9-18(10-14-20)24-21(26)5-4-6-22-23-16(3)25-27-22/h7-15H,4-6H2,1-3H3,(H,24,26). The highest BCUT2D eigenvalue weighted by atomic mass is 32.2. The number of hydrogen-bond donors (Lipinski definition) is 1. The highest BCUT2D eigenvalue weighted by molar-refractivity contribution is 7.99. The van der Waals surface area contributed by atoms with E-state index < -0.39 is 0 Å². The SMILES string of the molecule is Cc1noc(CCCC(=O)Nc2ccc(Sc3ccc(C(C)C)cc3)cc2)n1. The van der Waals surface area contributed by atoms with Crippen LogP contribution in [0, 0.1) is 6.92 Å². The minimum atomic E-state index is -0.0130. The Bertz CT molecular complexity index is 902. The third-order valence-electron chi connectivity index (χ3n) is 4.28. The third-order valence-corrected chi connectivity index (χ3v) is 5.30. The zero-order valence-corrected chi connectivity index (χ0v) is 17.3. The number of benzene rings is 2. The maximum absolute atomic E-state index is 12.1. The minimum absolute atomic E-state index is 0.0130. The zero-order valence-electron chi connectivity index (χ0n) is 16.4. The highest BCUT2D eigenvalue weighted by Crippen LogP contribution is 2.29. The fourth-order valence-corrected chi connectivity index (χ4v) is 3.54. The summed E-state index contributed by atoms with van der Waals surface area (Å²) in [6.45, 7) is 6.17. The van der Waals surface area contributed by atoms with Gasteiger partial charge < -0.3 is 9.84 Å². The molecule has 146 valence electrons. The molecule has 6 heteroatoms. The second-order valence-electron chi connectivity index (χ2n) is 6.99. The van der Waals surface area contributed by atoms with Gasteiger partial charge in [0, 0.05) is 28.3 Å². The van der Waals surface area contributed by atoms with Crippen LogP contribution in [0.3, 0.4) is 0 Å². The van der Waals surface area contributed by atoms with Gasteiger partial charge in [0.05, 0.1) is 0 Å². The Kier molecular flexibility index (Phi) is 6.87. The van der Waals surface area contributed by atoms with Gasteiger partial charge in [-0.25, -0.2) is 0 Å². The lowest BCUT2D eigenvalue weighted by Crippen LogP contribution is -2.11. The Morgan fingerprint density at radius 2 is 1.71 bits per heavy atom. The van der Waals surface area contributed by atoms with Gasteiger partial charge in [-0.15, -0.1) is 0 Å². The molecule has 3 rings (SSSR count). The molecular weight excluding hydrogens is 370 g/mol. The van der Waals surface area contributed by atoms with Crippen molar-refractivity contribution in [2.45, 2.75) is 55.7 Å². The number of hydrogen-bond acceptors (Lipinski definition) is 5. The van der Waals surface area contributed by atoms with Gasteiger partial charge in [-0.3, -0.25) is 4.79 Å². The van der Waals surface area contributed by atoms with Crippen LogP contribution in [0.1, 0.15) is 49.9 Å². The Morgan fingerprint density at radius 3 is 2.29 bits per heavy atom. The van der Waals surface area contributed by atoms with Crippen molar-refractivity contribution in [3.05, 3.63) is 65.8 Å². The molecule has 0 saturated carbocycles. The summed E-state index contributed by atoms with van der Waals surface area (Å²) < 4.78 is 5.05. The van der Waals surface area contributed by atoms with Crippen LogP contribution < -0.4 is 5.32 Å². The van der Waals surface area contributed by atoms with Crippen LogP contribution in [0.4, 0.5) is 5.69 Å². The maximum atomic E-state index is 12.1. The Morgan fingerprint density at radius 1 is 1.07 bits per heavy atom. The molecule has 0 spiro atoms. The molecule has 1 heterocycles. The van der Waals surface area contributed by atoms with Crippen LogP contribution in [-0.2, 0) is 11.2 Å². The number of amides is 1. The van der Waals surface area contributed by atoms with Gasteiger partial charge in [0.2, 0.25) is 11.8 Å². The summed E-state index contributed by atoms with van der Waals surface area (Å²) in [5.74, 6) is 1.72. The topological polar surface area (TPSA) is 68.0 Å². The van der Waals surface area contributed by atoms with Crippen molar-refractivity contribution in [2.24, 2.45) is 0 Å². The Hall–Kier alpha value is -2.60. The van der Waals surface area contributed by atoms with Gasteiger partial charge in [0.1, 0.15) is 0 Å². The van der Waals surface area contributed by atoms with Crippen molar-refractivity contribution in [3.63, 3.8) is 0 Å². The minimum Gasteiger partial charge on any atom is -0.339 e. The van der Waals surface area contributed by atoms with E-state index in [1.165, 1.54) is 10.5 Å². The molecule has 0 aliphatic rings. The maximum Gasteiger partial charge on any atom is 0.226 e. The number of aromatic nitrogens is 2. The predicted molar refractivity (Wildman–Crippen MR) is 112 cm³/mol. The predicted octanol–water partition coefficient (Wildman–Crippen LogP) is 5.61. The summed E-state index contributed by atoms with van der Waals surface area (Å²) in [6.07, 6.45) is 1.70. The number of rotatable bonds is 8. The lowest BCUT2D eigenvalue weighted by Gasteiger charge is -2.08. The van der Waals surface area contributed by atoms with Crippen LogP contribution >= 0.6 is 11.8 Å². The third kappa shape index (κ3) is 5.96. The Balaban J connectivity index is 1.46.